The second-order valence-electron chi connectivity index (χ2n) is 6.96. The molecule has 0 saturated heterocycles. The van der Waals surface area contributed by atoms with Gasteiger partial charge in [0.05, 0.1) is 11.9 Å². The number of amides is 2. The highest BCUT2D eigenvalue weighted by molar-refractivity contribution is 9.10. The molecular formula is C21H25BrClN3O4S. The number of carbonyl (C=O) groups excluding carboxylic acids is 2. The van der Waals surface area contributed by atoms with Gasteiger partial charge in [0.2, 0.25) is 21.8 Å². The fourth-order valence-electron chi connectivity index (χ4n) is 2.91. The maximum absolute atomic E-state index is 13.3. The summed E-state index contributed by atoms with van der Waals surface area (Å²) in [5, 5.41) is 3.26. The Bertz CT molecular complexity index is 1010. The van der Waals surface area contributed by atoms with Crippen molar-refractivity contribution in [1.82, 2.24) is 10.2 Å². The summed E-state index contributed by atoms with van der Waals surface area (Å²) in [5.74, 6) is -0.818. The third kappa shape index (κ3) is 7.22. The SMILES string of the molecule is CCNC(=O)[C@@H](C)N(Cc1ccc(Cl)cc1)C(=O)CN(c1ccc(Br)cc1)S(C)(=O)=O. The number of nitrogens with zero attached hydrogens (tertiary/aromatic N) is 2. The Labute approximate surface area is 196 Å². The van der Waals surface area contributed by atoms with E-state index >= 15 is 0 Å². The summed E-state index contributed by atoms with van der Waals surface area (Å²) >= 11 is 9.26. The normalized spacial score (nSPS) is 12.2. The lowest BCUT2D eigenvalue weighted by Gasteiger charge is -2.31. The van der Waals surface area contributed by atoms with Crippen LogP contribution < -0.4 is 9.62 Å². The minimum absolute atomic E-state index is 0.131. The van der Waals surface area contributed by atoms with Crippen LogP contribution in [0.2, 0.25) is 5.02 Å². The number of hydrogen-bond donors (Lipinski definition) is 1. The molecule has 1 atom stereocenters. The molecule has 2 rings (SSSR count). The van der Waals surface area contributed by atoms with E-state index in [1.807, 2.05) is 0 Å². The van der Waals surface area contributed by atoms with Gasteiger partial charge >= 0.3 is 0 Å². The van der Waals surface area contributed by atoms with Crippen molar-refractivity contribution in [2.45, 2.75) is 26.4 Å². The Morgan fingerprint density at radius 1 is 1.10 bits per heavy atom. The summed E-state index contributed by atoms with van der Waals surface area (Å²) in [7, 11) is -3.74. The Hall–Kier alpha value is -2.10. The third-order valence-electron chi connectivity index (χ3n) is 4.58. The predicted molar refractivity (Wildman–Crippen MR) is 126 cm³/mol. The van der Waals surface area contributed by atoms with Gasteiger partial charge in [0.25, 0.3) is 0 Å². The summed E-state index contributed by atoms with van der Waals surface area (Å²) < 4.78 is 26.7. The van der Waals surface area contributed by atoms with Gasteiger partial charge in [-0.3, -0.25) is 13.9 Å². The molecule has 7 nitrogen and oxygen atoms in total. The van der Waals surface area contributed by atoms with Crippen LogP contribution in [-0.2, 0) is 26.2 Å². The van der Waals surface area contributed by atoms with Crippen LogP contribution in [0.3, 0.4) is 0 Å². The molecule has 0 saturated carbocycles. The van der Waals surface area contributed by atoms with Crippen molar-refractivity contribution >= 4 is 55.1 Å². The van der Waals surface area contributed by atoms with Crippen molar-refractivity contribution in [3.8, 4) is 0 Å². The van der Waals surface area contributed by atoms with E-state index in [1.54, 1.807) is 62.4 Å². The number of hydrogen-bond acceptors (Lipinski definition) is 4. The summed E-state index contributed by atoms with van der Waals surface area (Å²) in [6, 6.07) is 12.7. The maximum atomic E-state index is 13.3. The average Bonchev–Trinajstić information content (AvgIpc) is 2.71. The molecule has 1 N–H and O–H groups in total. The zero-order valence-corrected chi connectivity index (χ0v) is 20.7. The third-order valence-corrected chi connectivity index (χ3v) is 6.50. The van der Waals surface area contributed by atoms with Gasteiger partial charge in [-0.2, -0.15) is 0 Å². The molecule has 0 radical (unpaired) electrons. The van der Waals surface area contributed by atoms with E-state index in [9.17, 15) is 18.0 Å². The molecule has 0 aliphatic rings. The van der Waals surface area contributed by atoms with Crippen molar-refractivity contribution in [1.29, 1.82) is 0 Å². The van der Waals surface area contributed by atoms with E-state index in [1.165, 1.54) is 4.90 Å². The van der Waals surface area contributed by atoms with E-state index in [0.29, 0.717) is 17.3 Å². The van der Waals surface area contributed by atoms with Gasteiger partial charge < -0.3 is 10.2 Å². The largest absolute Gasteiger partial charge is 0.355 e. The number of anilines is 1. The van der Waals surface area contributed by atoms with Crippen LogP contribution in [0.5, 0.6) is 0 Å². The topological polar surface area (TPSA) is 86.8 Å². The van der Waals surface area contributed by atoms with Crippen molar-refractivity contribution in [3.63, 3.8) is 0 Å². The monoisotopic (exact) mass is 529 g/mol. The highest BCUT2D eigenvalue weighted by atomic mass is 79.9. The zero-order valence-electron chi connectivity index (χ0n) is 17.5. The summed E-state index contributed by atoms with van der Waals surface area (Å²) in [4.78, 5) is 27.1. The minimum atomic E-state index is -3.74. The number of benzene rings is 2. The fraction of sp³-hybridized carbons (Fsp3) is 0.333. The van der Waals surface area contributed by atoms with E-state index < -0.39 is 28.5 Å². The Balaban J connectivity index is 2.35. The van der Waals surface area contributed by atoms with Gasteiger partial charge in [0.15, 0.2) is 0 Å². The van der Waals surface area contributed by atoms with Crippen molar-refractivity contribution in [3.05, 3.63) is 63.6 Å². The molecule has 2 amide bonds. The molecule has 2 aromatic rings. The van der Waals surface area contributed by atoms with Gasteiger partial charge in [-0.1, -0.05) is 39.7 Å². The fourth-order valence-corrected chi connectivity index (χ4v) is 4.15. The van der Waals surface area contributed by atoms with Crippen molar-refractivity contribution in [2.24, 2.45) is 0 Å². The average molecular weight is 531 g/mol. The lowest BCUT2D eigenvalue weighted by Crippen LogP contribution is -2.51. The molecule has 2 aromatic carbocycles. The highest BCUT2D eigenvalue weighted by Gasteiger charge is 2.29. The molecular weight excluding hydrogens is 506 g/mol. The molecule has 168 valence electrons. The smallest absolute Gasteiger partial charge is 0.244 e. The van der Waals surface area contributed by atoms with Gasteiger partial charge in [-0.15, -0.1) is 0 Å². The number of halogens is 2. The quantitative estimate of drug-likeness (QED) is 0.538. The first kappa shape index (κ1) is 25.2. The molecule has 0 aromatic heterocycles. The molecule has 0 aliphatic carbocycles. The minimum Gasteiger partial charge on any atom is -0.355 e. The zero-order chi connectivity index (χ0) is 23.2. The highest BCUT2D eigenvalue weighted by Crippen LogP contribution is 2.22. The van der Waals surface area contributed by atoms with Gasteiger partial charge in [0.1, 0.15) is 12.6 Å². The number of sulfonamides is 1. The summed E-state index contributed by atoms with van der Waals surface area (Å²) in [6.45, 7) is 3.52. The van der Waals surface area contributed by atoms with E-state index in [-0.39, 0.29) is 12.5 Å². The van der Waals surface area contributed by atoms with Gasteiger partial charge in [0, 0.05) is 22.6 Å². The van der Waals surface area contributed by atoms with Gasteiger partial charge in [-0.25, -0.2) is 8.42 Å². The van der Waals surface area contributed by atoms with E-state index in [2.05, 4.69) is 21.2 Å². The number of carbonyl (C=O) groups is 2. The summed E-state index contributed by atoms with van der Waals surface area (Å²) in [5.41, 5.74) is 1.12. The van der Waals surface area contributed by atoms with Crippen LogP contribution in [-0.4, -0.2) is 50.5 Å². The predicted octanol–water partition coefficient (Wildman–Crippen LogP) is 3.42. The lowest BCUT2D eigenvalue weighted by molar-refractivity contribution is -0.139. The first-order valence-electron chi connectivity index (χ1n) is 9.57. The number of likely N-dealkylation sites (N-methyl/N-ethyl adjacent to an activating group) is 1. The molecule has 0 fully saturated rings. The van der Waals surface area contributed by atoms with Crippen LogP contribution in [0.15, 0.2) is 53.0 Å². The van der Waals surface area contributed by atoms with Crippen LogP contribution in [0, 0.1) is 0 Å². The Morgan fingerprint density at radius 3 is 2.19 bits per heavy atom. The Kier molecular flexibility index (Phi) is 8.90. The molecule has 0 heterocycles. The van der Waals surface area contributed by atoms with E-state index in [4.69, 9.17) is 11.6 Å². The lowest BCUT2D eigenvalue weighted by atomic mass is 10.1. The van der Waals surface area contributed by atoms with Crippen molar-refractivity contribution in [2.75, 3.05) is 23.7 Å². The van der Waals surface area contributed by atoms with Crippen molar-refractivity contribution < 1.29 is 18.0 Å². The molecule has 0 unspecified atom stereocenters. The second-order valence-corrected chi connectivity index (χ2v) is 10.2. The maximum Gasteiger partial charge on any atom is 0.244 e. The molecule has 0 bridgehead atoms. The molecule has 0 spiro atoms. The Morgan fingerprint density at radius 2 is 1.68 bits per heavy atom. The first-order chi connectivity index (χ1) is 14.5. The molecule has 10 heteroatoms. The first-order valence-corrected chi connectivity index (χ1v) is 12.6. The molecule has 31 heavy (non-hydrogen) atoms. The van der Waals surface area contributed by atoms with E-state index in [0.717, 1.165) is 20.6 Å². The number of rotatable bonds is 9. The molecule has 0 aliphatic heterocycles. The van der Waals surface area contributed by atoms with Gasteiger partial charge in [-0.05, 0) is 55.8 Å². The second kappa shape index (κ2) is 11.0. The number of nitrogens with one attached hydrogen (secondary N) is 1. The van der Waals surface area contributed by atoms with Crippen LogP contribution in [0.1, 0.15) is 19.4 Å². The summed E-state index contributed by atoms with van der Waals surface area (Å²) in [6.07, 6.45) is 1.04. The van der Waals surface area contributed by atoms with Crippen LogP contribution in [0.25, 0.3) is 0 Å². The van der Waals surface area contributed by atoms with Crippen LogP contribution >= 0.6 is 27.5 Å². The standard InChI is InChI=1S/C21H25BrClN3O4S/c1-4-24-21(28)15(2)25(13-16-5-9-18(23)10-6-16)20(27)14-26(31(3,29)30)19-11-7-17(22)8-12-19/h5-12,15H,4,13-14H2,1-3H3,(H,24,28)/t15-/m1/s1. The van der Waals surface area contributed by atoms with Crippen LogP contribution in [0.4, 0.5) is 5.69 Å².